The highest BCUT2D eigenvalue weighted by atomic mass is 19.1. The molecule has 1 atom stereocenters. The van der Waals surface area contributed by atoms with Crippen LogP contribution in [0.25, 0.3) is 0 Å². The number of anilines is 1. The number of nitrogens with zero attached hydrogens (tertiary/aromatic N) is 2. The Balaban J connectivity index is 1.98. The van der Waals surface area contributed by atoms with Crippen molar-refractivity contribution in [2.45, 2.75) is 12.5 Å². The second-order valence-corrected chi connectivity index (χ2v) is 4.93. The summed E-state index contributed by atoms with van der Waals surface area (Å²) < 4.78 is 26.1. The first-order valence-corrected chi connectivity index (χ1v) is 6.85. The van der Waals surface area contributed by atoms with Gasteiger partial charge in [0.15, 0.2) is 0 Å². The largest absolute Gasteiger partial charge is 0.374 e. The average Bonchev–Trinajstić information content (AvgIpc) is 2.49. The SMILES string of the molecule is CNC(CCN(C)c1cccc(F)c1)c1ccc(F)cn1. The minimum atomic E-state index is -0.342. The summed E-state index contributed by atoms with van der Waals surface area (Å²) in [6.07, 6.45) is 2.00. The van der Waals surface area contributed by atoms with Gasteiger partial charge >= 0.3 is 0 Å². The summed E-state index contributed by atoms with van der Waals surface area (Å²) in [4.78, 5) is 6.08. The van der Waals surface area contributed by atoms with Crippen molar-refractivity contribution in [3.8, 4) is 0 Å². The Bertz CT molecular complexity index is 572. The molecule has 1 unspecified atom stereocenters. The summed E-state index contributed by atoms with van der Waals surface area (Å²) in [6, 6.07) is 9.61. The lowest BCUT2D eigenvalue weighted by molar-refractivity contribution is 0.531. The van der Waals surface area contributed by atoms with Gasteiger partial charge in [-0.25, -0.2) is 8.78 Å². The molecule has 2 rings (SSSR count). The second kappa shape index (κ2) is 7.13. The number of halogens is 2. The predicted octanol–water partition coefficient (Wildman–Crippen LogP) is 3.15. The highest BCUT2D eigenvalue weighted by Crippen LogP contribution is 2.18. The maximum absolute atomic E-state index is 13.2. The maximum Gasteiger partial charge on any atom is 0.141 e. The molecule has 0 spiro atoms. The third-order valence-corrected chi connectivity index (χ3v) is 3.46. The number of pyridine rings is 1. The van der Waals surface area contributed by atoms with Gasteiger partial charge in [-0.05, 0) is 43.8 Å². The van der Waals surface area contributed by atoms with E-state index in [1.165, 1.54) is 24.4 Å². The lowest BCUT2D eigenvalue weighted by Crippen LogP contribution is -2.25. The molecule has 1 N–H and O–H groups in total. The lowest BCUT2D eigenvalue weighted by Gasteiger charge is -2.23. The standard InChI is InChI=1S/C16H19F2N3/c1-19-15(16-7-6-13(18)11-20-16)8-9-21(2)14-5-3-4-12(17)10-14/h3-7,10-11,15,19H,8-9H2,1-2H3. The molecular formula is C16H19F2N3. The van der Waals surface area contributed by atoms with E-state index < -0.39 is 0 Å². The number of hydrogen-bond donors (Lipinski definition) is 1. The molecule has 5 heteroatoms. The highest BCUT2D eigenvalue weighted by molar-refractivity contribution is 5.45. The molecule has 0 aliphatic rings. The number of nitrogens with one attached hydrogen (secondary N) is 1. The van der Waals surface area contributed by atoms with Crippen LogP contribution in [0.4, 0.5) is 14.5 Å². The first kappa shape index (κ1) is 15.4. The first-order chi connectivity index (χ1) is 10.1. The zero-order chi connectivity index (χ0) is 15.2. The predicted molar refractivity (Wildman–Crippen MR) is 80.3 cm³/mol. The summed E-state index contributed by atoms with van der Waals surface area (Å²) in [5.41, 5.74) is 1.63. The fourth-order valence-corrected chi connectivity index (χ4v) is 2.20. The molecule has 0 amide bonds. The molecule has 112 valence electrons. The van der Waals surface area contributed by atoms with Gasteiger partial charge in [-0.15, -0.1) is 0 Å². The summed E-state index contributed by atoms with van der Waals surface area (Å²) in [5.74, 6) is -0.588. The Morgan fingerprint density at radius 1 is 1.19 bits per heavy atom. The van der Waals surface area contributed by atoms with Crippen molar-refractivity contribution in [2.75, 3.05) is 25.5 Å². The van der Waals surface area contributed by atoms with E-state index in [2.05, 4.69) is 10.3 Å². The van der Waals surface area contributed by atoms with E-state index in [0.717, 1.165) is 24.3 Å². The fraction of sp³-hybridized carbons (Fsp3) is 0.312. The summed E-state index contributed by atoms with van der Waals surface area (Å²) in [7, 11) is 3.76. The van der Waals surface area contributed by atoms with Crippen LogP contribution in [-0.2, 0) is 0 Å². The van der Waals surface area contributed by atoms with Crippen molar-refractivity contribution in [1.29, 1.82) is 0 Å². The third-order valence-electron chi connectivity index (χ3n) is 3.46. The van der Waals surface area contributed by atoms with Crippen LogP contribution in [0.3, 0.4) is 0 Å². The van der Waals surface area contributed by atoms with Crippen LogP contribution in [0.2, 0.25) is 0 Å². The van der Waals surface area contributed by atoms with Gasteiger partial charge in [0, 0.05) is 19.3 Å². The number of rotatable bonds is 6. The van der Waals surface area contributed by atoms with Gasteiger partial charge in [0.2, 0.25) is 0 Å². The molecule has 0 saturated carbocycles. The van der Waals surface area contributed by atoms with Gasteiger partial charge in [0.05, 0.1) is 17.9 Å². The van der Waals surface area contributed by atoms with Gasteiger partial charge in [-0.2, -0.15) is 0 Å². The van der Waals surface area contributed by atoms with Crippen LogP contribution in [0, 0.1) is 11.6 Å². The molecule has 0 aliphatic carbocycles. The average molecular weight is 291 g/mol. The van der Waals surface area contributed by atoms with Gasteiger partial charge in [-0.3, -0.25) is 4.98 Å². The zero-order valence-corrected chi connectivity index (χ0v) is 12.2. The Kier molecular flexibility index (Phi) is 5.22. The lowest BCUT2D eigenvalue weighted by atomic mass is 10.1. The minimum absolute atomic E-state index is 0.0293. The van der Waals surface area contributed by atoms with Crippen molar-refractivity contribution < 1.29 is 8.78 Å². The topological polar surface area (TPSA) is 28.2 Å². The van der Waals surface area contributed by atoms with Crippen molar-refractivity contribution in [3.63, 3.8) is 0 Å². The van der Waals surface area contributed by atoms with E-state index >= 15 is 0 Å². The van der Waals surface area contributed by atoms with Crippen molar-refractivity contribution in [2.24, 2.45) is 0 Å². The van der Waals surface area contributed by atoms with Gasteiger partial charge in [-0.1, -0.05) is 6.07 Å². The summed E-state index contributed by atoms with van der Waals surface area (Å²) >= 11 is 0. The van der Waals surface area contributed by atoms with E-state index in [-0.39, 0.29) is 17.7 Å². The minimum Gasteiger partial charge on any atom is -0.374 e. The van der Waals surface area contributed by atoms with E-state index in [1.54, 1.807) is 12.1 Å². The van der Waals surface area contributed by atoms with Crippen molar-refractivity contribution in [1.82, 2.24) is 10.3 Å². The molecule has 1 aromatic carbocycles. The first-order valence-electron chi connectivity index (χ1n) is 6.85. The quantitative estimate of drug-likeness (QED) is 0.886. The zero-order valence-electron chi connectivity index (χ0n) is 12.2. The van der Waals surface area contributed by atoms with Crippen LogP contribution in [0.1, 0.15) is 18.2 Å². The number of benzene rings is 1. The molecule has 1 heterocycles. The molecule has 0 saturated heterocycles. The van der Waals surface area contributed by atoms with Crippen LogP contribution < -0.4 is 10.2 Å². The number of hydrogen-bond acceptors (Lipinski definition) is 3. The van der Waals surface area contributed by atoms with E-state index in [9.17, 15) is 8.78 Å². The molecule has 0 bridgehead atoms. The third kappa shape index (κ3) is 4.23. The molecule has 0 fully saturated rings. The Hall–Kier alpha value is -2.01. The maximum atomic E-state index is 13.2. The summed E-state index contributed by atoms with van der Waals surface area (Å²) in [6.45, 7) is 0.730. The van der Waals surface area contributed by atoms with E-state index in [0.29, 0.717) is 0 Å². The Labute approximate surface area is 123 Å². The molecule has 21 heavy (non-hydrogen) atoms. The van der Waals surface area contributed by atoms with Crippen molar-refractivity contribution in [3.05, 3.63) is 59.9 Å². The molecule has 3 nitrogen and oxygen atoms in total. The number of aromatic nitrogens is 1. The van der Waals surface area contributed by atoms with E-state index in [1.807, 2.05) is 25.1 Å². The van der Waals surface area contributed by atoms with Crippen molar-refractivity contribution >= 4 is 5.69 Å². The van der Waals surface area contributed by atoms with Crippen LogP contribution in [-0.4, -0.2) is 25.6 Å². The highest BCUT2D eigenvalue weighted by Gasteiger charge is 2.12. The smallest absolute Gasteiger partial charge is 0.141 e. The molecular weight excluding hydrogens is 272 g/mol. The van der Waals surface area contributed by atoms with Gasteiger partial charge in [0.25, 0.3) is 0 Å². The monoisotopic (exact) mass is 291 g/mol. The molecule has 0 aliphatic heterocycles. The van der Waals surface area contributed by atoms with E-state index in [4.69, 9.17) is 0 Å². The second-order valence-electron chi connectivity index (χ2n) is 4.93. The molecule has 1 aromatic heterocycles. The normalized spacial score (nSPS) is 12.2. The Morgan fingerprint density at radius 2 is 2.00 bits per heavy atom. The Morgan fingerprint density at radius 3 is 2.62 bits per heavy atom. The summed E-state index contributed by atoms with van der Waals surface area (Å²) in [5, 5.41) is 3.17. The fourth-order valence-electron chi connectivity index (χ4n) is 2.20. The van der Waals surface area contributed by atoms with Crippen LogP contribution >= 0.6 is 0 Å². The van der Waals surface area contributed by atoms with Gasteiger partial charge < -0.3 is 10.2 Å². The van der Waals surface area contributed by atoms with Gasteiger partial charge in [0.1, 0.15) is 11.6 Å². The molecule has 2 aromatic rings. The molecule has 0 radical (unpaired) electrons. The van der Waals surface area contributed by atoms with Crippen LogP contribution in [0.5, 0.6) is 0 Å². The van der Waals surface area contributed by atoms with Crippen LogP contribution in [0.15, 0.2) is 42.6 Å².